The molecular weight excluding hydrogens is 432 g/mol. The van der Waals surface area contributed by atoms with Gasteiger partial charge in [0.2, 0.25) is 5.91 Å². The molecule has 4 nitrogen and oxygen atoms in total. The van der Waals surface area contributed by atoms with Gasteiger partial charge in [-0.25, -0.2) is 9.37 Å². The van der Waals surface area contributed by atoms with Gasteiger partial charge in [0.1, 0.15) is 5.82 Å². The van der Waals surface area contributed by atoms with E-state index in [2.05, 4.69) is 15.6 Å². The fourth-order valence-electron chi connectivity index (χ4n) is 3.48. The van der Waals surface area contributed by atoms with Crippen LogP contribution in [-0.4, -0.2) is 30.0 Å². The molecule has 1 saturated carbocycles. The van der Waals surface area contributed by atoms with Crippen molar-refractivity contribution in [3.8, 4) is 0 Å². The Morgan fingerprint density at radius 3 is 2.45 bits per heavy atom. The fourth-order valence-corrected chi connectivity index (χ4v) is 4.30. The van der Waals surface area contributed by atoms with Crippen molar-refractivity contribution in [2.45, 2.75) is 57.4 Å². The molecule has 0 atom stereocenters. The number of aromatic nitrogens is 1. The van der Waals surface area contributed by atoms with E-state index < -0.39 is 0 Å². The number of rotatable bonds is 8. The Balaban J connectivity index is 0.00000210. The molecule has 0 saturated heterocycles. The molecular formula is C21H30Cl2FN3OS. The zero-order chi connectivity index (χ0) is 18.9. The zero-order valence-corrected chi connectivity index (χ0v) is 18.9. The zero-order valence-electron chi connectivity index (χ0n) is 16.5. The molecule has 1 amide bonds. The van der Waals surface area contributed by atoms with E-state index in [1.54, 1.807) is 23.5 Å². The van der Waals surface area contributed by atoms with Crippen molar-refractivity contribution >= 4 is 42.1 Å². The summed E-state index contributed by atoms with van der Waals surface area (Å²) in [5, 5.41) is 9.41. The summed E-state index contributed by atoms with van der Waals surface area (Å²) in [6, 6.07) is 7.06. The van der Waals surface area contributed by atoms with E-state index in [0.29, 0.717) is 25.4 Å². The number of nitrogens with one attached hydrogen (secondary N) is 2. The molecule has 1 aliphatic rings. The van der Waals surface area contributed by atoms with Crippen molar-refractivity contribution in [1.82, 2.24) is 15.6 Å². The molecule has 0 aliphatic heterocycles. The SMILES string of the molecule is Cl.Cl.O=C(Cc1csc(Cc2ccc(F)cc2)n1)NCCNC1CCCCCC1. The Hall–Kier alpha value is -1.21. The molecule has 0 spiro atoms. The first kappa shape index (κ1) is 25.8. The summed E-state index contributed by atoms with van der Waals surface area (Å²) in [7, 11) is 0. The molecule has 162 valence electrons. The van der Waals surface area contributed by atoms with E-state index in [4.69, 9.17) is 0 Å². The third-order valence-corrected chi connectivity index (χ3v) is 5.84. The number of carbonyl (C=O) groups excluding carboxylic acids is 1. The quantitative estimate of drug-likeness (QED) is 0.442. The first-order valence-corrected chi connectivity index (χ1v) is 10.7. The highest BCUT2D eigenvalue weighted by molar-refractivity contribution is 7.09. The average Bonchev–Trinajstić information content (AvgIpc) is 2.92. The lowest BCUT2D eigenvalue weighted by Crippen LogP contribution is -2.37. The minimum absolute atomic E-state index is 0. The van der Waals surface area contributed by atoms with Gasteiger partial charge in [0.25, 0.3) is 0 Å². The van der Waals surface area contributed by atoms with E-state index >= 15 is 0 Å². The summed E-state index contributed by atoms with van der Waals surface area (Å²) in [6.45, 7) is 1.48. The van der Waals surface area contributed by atoms with Crippen LogP contribution in [0.15, 0.2) is 29.6 Å². The molecule has 8 heteroatoms. The van der Waals surface area contributed by atoms with E-state index in [1.807, 2.05) is 5.38 Å². The van der Waals surface area contributed by atoms with Crippen LogP contribution in [-0.2, 0) is 17.6 Å². The van der Waals surface area contributed by atoms with Crippen LogP contribution in [0.2, 0.25) is 0 Å². The molecule has 2 aromatic rings. The van der Waals surface area contributed by atoms with Crippen LogP contribution < -0.4 is 10.6 Å². The van der Waals surface area contributed by atoms with Gasteiger partial charge in [0, 0.05) is 30.9 Å². The molecule has 1 aromatic carbocycles. The number of halogens is 3. The normalized spacial score (nSPS) is 14.4. The second-order valence-electron chi connectivity index (χ2n) is 7.21. The van der Waals surface area contributed by atoms with Crippen molar-refractivity contribution in [2.24, 2.45) is 0 Å². The maximum atomic E-state index is 13.0. The highest BCUT2D eigenvalue weighted by Gasteiger charge is 2.12. The predicted octanol–water partition coefficient (Wildman–Crippen LogP) is 4.69. The molecule has 0 radical (unpaired) electrons. The van der Waals surface area contributed by atoms with Crippen LogP contribution >= 0.6 is 36.2 Å². The van der Waals surface area contributed by atoms with Gasteiger partial charge in [-0.15, -0.1) is 36.2 Å². The molecule has 2 N–H and O–H groups in total. The minimum Gasteiger partial charge on any atom is -0.354 e. The van der Waals surface area contributed by atoms with Gasteiger partial charge < -0.3 is 10.6 Å². The van der Waals surface area contributed by atoms with Crippen molar-refractivity contribution in [2.75, 3.05) is 13.1 Å². The summed E-state index contributed by atoms with van der Waals surface area (Å²) >= 11 is 1.54. The second kappa shape index (κ2) is 13.9. The monoisotopic (exact) mass is 461 g/mol. The molecule has 3 rings (SSSR count). The highest BCUT2D eigenvalue weighted by atomic mass is 35.5. The maximum absolute atomic E-state index is 13.0. The van der Waals surface area contributed by atoms with Gasteiger partial charge in [-0.2, -0.15) is 0 Å². The molecule has 1 aliphatic carbocycles. The topological polar surface area (TPSA) is 54.0 Å². The number of carbonyl (C=O) groups is 1. The Labute approximate surface area is 188 Å². The maximum Gasteiger partial charge on any atom is 0.226 e. The van der Waals surface area contributed by atoms with Crippen molar-refractivity contribution in [1.29, 1.82) is 0 Å². The van der Waals surface area contributed by atoms with E-state index in [9.17, 15) is 9.18 Å². The third-order valence-electron chi connectivity index (χ3n) is 4.94. The van der Waals surface area contributed by atoms with Gasteiger partial charge >= 0.3 is 0 Å². The predicted molar refractivity (Wildman–Crippen MR) is 122 cm³/mol. The van der Waals surface area contributed by atoms with Crippen LogP contribution in [0, 0.1) is 5.82 Å². The summed E-state index contributed by atoms with van der Waals surface area (Å²) in [5.74, 6) is -0.222. The minimum atomic E-state index is -0.233. The van der Waals surface area contributed by atoms with Crippen molar-refractivity contribution in [3.63, 3.8) is 0 Å². The number of amides is 1. The smallest absolute Gasteiger partial charge is 0.226 e. The Morgan fingerprint density at radius 2 is 1.76 bits per heavy atom. The van der Waals surface area contributed by atoms with Gasteiger partial charge in [-0.3, -0.25) is 4.79 Å². The summed E-state index contributed by atoms with van der Waals surface area (Å²) < 4.78 is 13.0. The summed E-state index contributed by atoms with van der Waals surface area (Å²) in [6.07, 6.45) is 8.81. The van der Waals surface area contributed by atoms with Gasteiger partial charge in [0.05, 0.1) is 17.1 Å². The van der Waals surface area contributed by atoms with Crippen molar-refractivity contribution in [3.05, 3.63) is 51.7 Å². The lowest BCUT2D eigenvalue weighted by atomic mass is 10.1. The van der Waals surface area contributed by atoms with Crippen LogP contribution in [0.25, 0.3) is 0 Å². The van der Waals surface area contributed by atoms with Gasteiger partial charge in [-0.05, 0) is 30.5 Å². The largest absolute Gasteiger partial charge is 0.354 e. The van der Waals surface area contributed by atoms with Gasteiger partial charge in [0.15, 0.2) is 0 Å². The Bertz CT molecular complexity index is 719. The fraction of sp³-hybridized carbons (Fsp3) is 0.524. The molecule has 1 heterocycles. The second-order valence-corrected chi connectivity index (χ2v) is 8.15. The first-order valence-electron chi connectivity index (χ1n) is 9.87. The first-order chi connectivity index (χ1) is 13.2. The highest BCUT2D eigenvalue weighted by Crippen LogP contribution is 2.17. The molecule has 1 aromatic heterocycles. The molecule has 0 unspecified atom stereocenters. The third kappa shape index (κ3) is 9.43. The standard InChI is InChI=1S/C21H28FN3OS.2ClH/c22-17-9-7-16(8-10-17)13-21-25-19(15-27-21)14-20(26)24-12-11-23-18-5-3-1-2-4-6-18;;/h7-10,15,18,23H,1-6,11-14H2,(H,24,26);2*1H. The van der Waals surface area contributed by atoms with Crippen LogP contribution in [0.4, 0.5) is 4.39 Å². The lowest BCUT2D eigenvalue weighted by molar-refractivity contribution is -0.120. The van der Waals surface area contributed by atoms with E-state index in [0.717, 1.165) is 22.8 Å². The van der Waals surface area contributed by atoms with Crippen LogP contribution in [0.3, 0.4) is 0 Å². The van der Waals surface area contributed by atoms with E-state index in [1.165, 1.54) is 50.7 Å². The number of nitrogens with zero attached hydrogens (tertiary/aromatic N) is 1. The number of hydrogen-bond donors (Lipinski definition) is 2. The average molecular weight is 462 g/mol. The lowest BCUT2D eigenvalue weighted by Gasteiger charge is -2.16. The molecule has 0 bridgehead atoms. The Morgan fingerprint density at radius 1 is 1.07 bits per heavy atom. The number of hydrogen-bond acceptors (Lipinski definition) is 4. The molecule has 1 fully saturated rings. The summed E-state index contributed by atoms with van der Waals surface area (Å²) in [4.78, 5) is 16.6. The van der Waals surface area contributed by atoms with Gasteiger partial charge in [-0.1, -0.05) is 37.8 Å². The van der Waals surface area contributed by atoms with Crippen LogP contribution in [0.5, 0.6) is 0 Å². The van der Waals surface area contributed by atoms with Crippen LogP contribution in [0.1, 0.15) is 54.8 Å². The number of benzene rings is 1. The molecule has 29 heavy (non-hydrogen) atoms. The summed E-state index contributed by atoms with van der Waals surface area (Å²) in [5.41, 5.74) is 1.82. The number of thiazole rings is 1. The Kier molecular flexibility index (Phi) is 12.4. The van der Waals surface area contributed by atoms with Crippen molar-refractivity contribution < 1.29 is 9.18 Å². The van der Waals surface area contributed by atoms with E-state index in [-0.39, 0.29) is 36.5 Å².